The molecule has 0 unspecified atom stereocenters. The number of alkyl halides is 1. The number of carbonyl (C=O) groups excluding carboxylic acids is 1. The van der Waals surface area contributed by atoms with Crippen LogP contribution in [-0.4, -0.2) is 18.1 Å². The van der Waals surface area contributed by atoms with E-state index in [1.54, 1.807) is 6.07 Å². The fourth-order valence-electron chi connectivity index (χ4n) is 0.818. The number of esters is 1. The molecule has 70 valence electrons. The van der Waals surface area contributed by atoms with Crippen molar-refractivity contribution in [1.82, 2.24) is 4.98 Å². The van der Waals surface area contributed by atoms with Crippen molar-refractivity contribution in [3.63, 3.8) is 0 Å². The standard InChI is InChI=1S/C8H7Cl2NO2/c1-13-8(12)6-2-5(3-9)4-11-7(6)10/h2,4H,3H2,1H3. The minimum atomic E-state index is -0.510. The number of carbonyl (C=O) groups is 1. The highest BCUT2D eigenvalue weighted by molar-refractivity contribution is 6.32. The maximum atomic E-state index is 11.1. The first-order valence-electron chi connectivity index (χ1n) is 3.47. The molecule has 0 bridgehead atoms. The summed E-state index contributed by atoms with van der Waals surface area (Å²) in [5, 5.41) is 0.126. The first kappa shape index (κ1) is 10.3. The summed E-state index contributed by atoms with van der Waals surface area (Å²) in [7, 11) is 1.28. The number of pyridine rings is 1. The predicted molar refractivity (Wildman–Crippen MR) is 50.1 cm³/mol. The molecule has 0 aliphatic carbocycles. The highest BCUT2D eigenvalue weighted by Gasteiger charge is 2.11. The Morgan fingerprint density at radius 3 is 2.92 bits per heavy atom. The Morgan fingerprint density at radius 2 is 2.38 bits per heavy atom. The van der Waals surface area contributed by atoms with E-state index < -0.39 is 5.97 Å². The zero-order chi connectivity index (χ0) is 9.84. The fourth-order valence-corrected chi connectivity index (χ4v) is 1.14. The Labute approximate surface area is 85.6 Å². The quantitative estimate of drug-likeness (QED) is 0.436. The van der Waals surface area contributed by atoms with Crippen LogP contribution in [0.4, 0.5) is 0 Å². The molecule has 3 nitrogen and oxygen atoms in total. The molecular weight excluding hydrogens is 213 g/mol. The van der Waals surface area contributed by atoms with Crippen LogP contribution >= 0.6 is 23.2 Å². The first-order chi connectivity index (χ1) is 6.19. The monoisotopic (exact) mass is 219 g/mol. The third kappa shape index (κ3) is 2.32. The molecule has 1 heterocycles. The van der Waals surface area contributed by atoms with Crippen molar-refractivity contribution in [2.45, 2.75) is 5.88 Å². The van der Waals surface area contributed by atoms with Crippen molar-refractivity contribution >= 4 is 29.2 Å². The maximum Gasteiger partial charge on any atom is 0.341 e. The zero-order valence-corrected chi connectivity index (χ0v) is 8.39. The van der Waals surface area contributed by atoms with Gasteiger partial charge in [0.15, 0.2) is 0 Å². The lowest BCUT2D eigenvalue weighted by atomic mass is 10.2. The molecule has 0 spiro atoms. The average Bonchev–Trinajstić information content (AvgIpc) is 2.17. The largest absolute Gasteiger partial charge is 0.465 e. The van der Waals surface area contributed by atoms with Crippen molar-refractivity contribution in [2.24, 2.45) is 0 Å². The minimum Gasteiger partial charge on any atom is -0.465 e. The van der Waals surface area contributed by atoms with E-state index in [-0.39, 0.29) is 16.6 Å². The third-order valence-corrected chi connectivity index (χ3v) is 2.07. The van der Waals surface area contributed by atoms with Crippen LogP contribution in [0.3, 0.4) is 0 Å². The summed E-state index contributed by atoms with van der Waals surface area (Å²) in [6, 6.07) is 1.56. The van der Waals surface area contributed by atoms with E-state index in [9.17, 15) is 4.79 Å². The van der Waals surface area contributed by atoms with Gasteiger partial charge < -0.3 is 4.74 Å². The lowest BCUT2D eigenvalue weighted by Crippen LogP contribution is -2.04. The van der Waals surface area contributed by atoms with Gasteiger partial charge in [-0.1, -0.05) is 11.6 Å². The number of aromatic nitrogens is 1. The molecule has 0 radical (unpaired) electrons. The van der Waals surface area contributed by atoms with Crippen LogP contribution in [0.2, 0.25) is 5.15 Å². The highest BCUT2D eigenvalue weighted by atomic mass is 35.5. The van der Waals surface area contributed by atoms with Gasteiger partial charge in [-0.15, -0.1) is 11.6 Å². The van der Waals surface area contributed by atoms with Crippen LogP contribution in [0.1, 0.15) is 15.9 Å². The Kier molecular flexibility index (Phi) is 3.51. The van der Waals surface area contributed by atoms with E-state index in [1.807, 2.05) is 0 Å². The van der Waals surface area contributed by atoms with Crippen molar-refractivity contribution in [3.8, 4) is 0 Å². The van der Waals surface area contributed by atoms with Crippen LogP contribution in [0, 0.1) is 0 Å². The van der Waals surface area contributed by atoms with Crippen LogP contribution in [0.5, 0.6) is 0 Å². The first-order valence-corrected chi connectivity index (χ1v) is 4.39. The normalized spacial score (nSPS) is 9.77. The fraction of sp³-hybridized carbons (Fsp3) is 0.250. The highest BCUT2D eigenvalue weighted by Crippen LogP contribution is 2.16. The minimum absolute atomic E-state index is 0.126. The lowest BCUT2D eigenvalue weighted by Gasteiger charge is -2.02. The van der Waals surface area contributed by atoms with Gasteiger partial charge in [-0.05, 0) is 11.6 Å². The van der Waals surface area contributed by atoms with Gasteiger partial charge in [-0.25, -0.2) is 9.78 Å². The van der Waals surface area contributed by atoms with Crippen molar-refractivity contribution < 1.29 is 9.53 Å². The Morgan fingerprint density at radius 1 is 1.69 bits per heavy atom. The number of halogens is 2. The van der Waals surface area contributed by atoms with Crippen molar-refractivity contribution in [1.29, 1.82) is 0 Å². The van der Waals surface area contributed by atoms with E-state index >= 15 is 0 Å². The molecule has 1 aromatic rings. The van der Waals surface area contributed by atoms with Gasteiger partial charge in [-0.3, -0.25) is 0 Å². The second-order valence-corrected chi connectivity index (χ2v) is 2.93. The molecular formula is C8H7Cl2NO2. The zero-order valence-electron chi connectivity index (χ0n) is 6.88. The number of rotatable bonds is 2. The predicted octanol–water partition coefficient (Wildman–Crippen LogP) is 2.26. The van der Waals surface area contributed by atoms with Gasteiger partial charge in [0.2, 0.25) is 0 Å². The summed E-state index contributed by atoms with van der Waals surface area (Å²) in [6.45, 7) is 0. The summed E-state index contributed by atoms with van der Waals surface area (Å²) in [5.41, 5.74) is 0.966. The van der Waals surface area contributed by atoms with Crippen molar-refractivity contribution in [2.75, 3.05) is 7.11 Å². The number of hydrogen-bond donors (Lipinski definition) is 0. The van der Waals surface area contributed by atoms with Gasteiger partial charge in [0.25, 0.3) is 0 Å². The van der Waals surface area contributed by atoms with Gasteiger partial charge in [0, 0.05) is 12.1 Å². The van der Waals surface area contributed by atoms with Crippen LogP contribution in [0.25, 0.3) is 0 Å². The molecule has 0 aliphatic heterocycles. The summed E-state index contributed by atoms with van der Waals surface area (Å²) in [4.78, 5) is 14.9. The van der Waals surface area contributed by atoms with Crippen LogP contribution in [-0.2, 0) is 10.6 Å². The molecule has 0 aliphatic rings. The molecule has 0 saturated carbocycles. The van der Waals surface area contributed by atoms with E-state index in [2.05, 4.69) is 9.72 Å². The molecule has 13 heavy (non-hydrogen) atoms. The maximum absolute atomic E-state index is 11.1. The van der Waals surface area contributed by atoms with Gasteiger partial charge >= 0.3 is 5.97 Å². The molecule has 1 rings (SSSR count). The number of ether oxygens (including phenoxy) is 1. The summed E-state index contributed by atoms with van der Waals surface area (Å²) in [6.07, 6.45) is 1.52. The molecule has 1 aromatic heterocycles. The lowest BCUT2D eigenvalue weighted by molar-refractivity contribution is 0.0600. The molecule has 0 atom stereocenters. The molecule has 0 aromatic carbocycles. The number of methoxy groups -OCH3 is 1. The van der Waals surface area contributed by atoms with Gasteiger partial charge in [-0.2, -0.15) is 0 Å². The van der Waals surface area contributed by atoms with E-state index in [0.717, 1.165) is 5.56 Å². The molecule has 0 saturated heterocycles. The smallest absolute Gasteiger partial charge is 0.341 e. The Bertz CT molecular complexity index is 328. The van der Waals surface area contributed by atoms with Gasteiger partial charge in [0.05, 0.1) is 12.7 Å². The average molecular weight is 220 g/mol. The van der Waals surface area contributed by atoms with Gasteiger partial charge in [0.1, 0.15) is 5.15 Å². The summed E-state index contributed by atoms with van der Waals surface area (Å²) in [5.74, 6) is -0.224. The third-order valence-electron chi connectivity index (χ3n) is 1.46. The van der Waals surface area contributed by atoms with E-state index in [1.165, 1.54) is 13.3 Å². The Balaban J connectivity index is 3.11. The summed E-state index contributed by atoms with van der Waals surface area (Å²) >= 11 is 11.2. The molecule has 5 heteroatoms. The molecule has 0 N–H and O–H groups in total. The number of hydrogen-bond acceptors (Lipinski definition) is 3. The van der Waals surface area contributed by atoms with E-state index in [0.29, 0.717) is 0 Å². The molecule has 0 amide bonds. The van der Waals surface area contributed by atoms with E-state index in [4.69, 9.17) is 23.2 Å². The topological polar surface area (TPSA) is 39.2 Å². The van der Waals surface area contributed by atoms with Crippen molar-refractivity contribution in [3.05, 3.63) is 28.5 Å². The molecule has 0 fully saturated rings. The second-order valence-electron chi connectivity index (χ2n) is 2.31. The SMILES string of the molecule is COC(=O)c1cc(CCl)cnc1Cl. The van der Waals surface area contributed by atoms with Crippen LogP contribution in [0.15, 0.2) is 12.3 Å². The second kappa shape index (κ2) is 4.44. The van der Waals surface area contributed by atoms with Crippen LogP contribution < -0.4 is 0 Å². The summed E-state index contributed by atoms with van der Waals surface area (Å²) < 4.78 is 4.51. The number of nitrogens with zero attached hydrogens (tertiary/aromatic N) is 1. The Hall–Kier alpha value is -0.800.